The number of hydrogen-bond acceptors (Lipinski definition) is 7. The van der Waals surface area contributed by atoms with E-state index < -0.39 is 21.9 Å². The number of ether oxygens (including phenoxy) is 2. The predicted molar refractivity (Wildman–Crippen MR) is 143 cm³/mol. The van der Waals surface area contributed by atoms with Gasteiger partial charge in [0.25, 0.3) is 5.91 Å². The van der Waals surface area contributed by atoms with Crippen molar-refractivity contribution in [3.05, 3.63) is 78.1 Å². The number of carbonyl (C=O) groups excluding carboxylic acids is 2. The summed E-state index contributed by atoms with van der Waals surface area (Å²) in [6.07, 6.45) is 2.98. The van der Waals surface area contributed by atoms with Gasteiger partial charge in [0.2, 0.25) is 10.0 Å². The van der Waals surface area contributed by atoms with Crippen molar-refractivity contribution in [2.24, 2.45) is 4.99 Å². The van der Waals surface area contributed by atoms with E-state index in [1.54, 1.807) is 17.6 Å². The standard InChI is InChI=1S/C26H29N3O6S2/c1-5-16-28(17-6-2)37(32,33)20-14-12-19(13-15-20)25(31)27-26-29(18-23(30)35-8-4)24-21(34-7-3)10-9-11-22(24)36-26/h5-6,9-15H,1-2,7-8,16-18H2,3-4H3. The number of hydrogen-bond donors (Lipinski definition) is 0. The number of benzene rings is 2. The van der Waals surface area contributed by atoms with E-state index in [0.717, 1.165) is 4.70 Å². The Bertz CT molecular complexity index is 1460. The van der Waals surface area contributed by atoms with Crippen molar-refractivity contribution in [2.45, 2.75) is 25.3 Å². The molecule has 1 aromatic heterocycles. The van der Waals surface area contributed by atoms with Crippen molar-refractivity contribution < 1.29 is 27.5 Å². The summed E-state index contributed by atoms with van der Waals surface area (Å²) in [5.74, 6) is -0.492. The molecule has 0 fully saturated rings. The highest BCUT2D eigenvalue weighted by molar-refractivity contribution is 7.89. The van der Waals surface area contributed by atoms with Gasteiger partial charge in [-0.15, -0.1) is 13.2 Å². The van der Waals surface area contributed by atoms with Gasteiger partial charge in [-0.2, -0.15) is 9.30 Å². The second-order valence-corrected chi connectivity index (χ2v) is 10.6. The molecule has 0 radical (unpaired) electrons. The molecular weight excluding hydrogens is 514 g/mol. The van der Waals surface area contributed by atoms with Crippen LogP contribution in [0.4, 0.5) is 0 Å². The molecule has 0 aliphatic carbocycles. The summed E-state index contributed by atoms with van der Waals surface area (Å²) in [7, 11) is -3.80. The van der Waals surface area contributed by atoms with Crippen LogP contribution in [0.25, 0.3) is 10.2 Å². The molecule has 1 heterocycles. The molecule has 9 nitrogen and oxygen atoms in total. The van der Waals surface area contributed by atoms with Gasteiger partial charge in [0.15, 0.2) is 4.80 Å². The molecule has 0 spiro atoms. The minimum absolute atomic E-state index is 0.0355. The average molecular weight is 544 g/mol. The van der Waals surface area contributed by atoms with Crippen LogP contribution in [0, 0.1) is 0 Å². The lowest BCUT2D eigenvalue weighted by Gasteiger charge is -2.19. The lowest BCUT2D eigenvalue weighted by Crippen LogP contribution is -2.31. The van der Waals surface area contributed by atoms with Crippen molar-refractivity contribution in [3.63, 3.8) is 0 Å². The Morgan fingerprint density at radius 2 is 1.73 bits per heavy atom. The summed E-state index contributed by atoms with van der Waals surface area (Å²) in [4.78, 5) is 30.0. The van der Waals surface area contributed by atoms with E-state index in [1.807, 2.05) is 19.1 Å². The molecule has 0 saturated carbocycles. The normalized spacial score (nSPS) is 12.0. The number of carbonyl (C=O) groups is 2. The van der Waals surface area contributed by atoms with Crippen LogP contribution in [0.5, 0.6) is 5.75 Å². The van der Waals surface area contributed by atoms with Gasteiger partial charge in [-0.25, -0.2) is 8.42 Å². The van der Waals surface area contributed by atoms with Crippen molar-refractivity contribution in [3.8, 4) is 5.75 Å². The number of aromatic nitrogens is 1. The fourth-order valence-electron chi connectivity index (χ4n) is 3.57. The highest BCUT2D eigenvalue weighted by Crippen LogP contribution is 2.28. The van der Waals surface area contributed by atoms with Crippen LogP contribution in [-0.4, -0.2) is 55.5 Å². The molecule has 0 saturated heterocycles. The van der Waals surface area contributed by atoms with Crippen molar-refractivity contribution in [1.82, 2.24) is 8.87 Å². The third-order valence-corrected chi connectivity index (χ3v) is 8.05. The molecule has 0 atom stereocenters. The third-order valence-electron chi connectivity index (χ3n) is 5.16. The fourth-order valence-corrected chi connectivity index (χ4v) is 5.99. The minimum atomic E-state index is -3.80. The molecule has 0 aliphatic heterocycles. The van der Waals surface area contributed by atoms with Gasteiger partial charge in [0.1, 0.15) is 17.8 Å². The summed E-state index contributed by atoms with van der Waals surface area (Å²) in [6, 6.07) is 11.0. The number of rotatable bonds is 12. The van der Waals surface area contributed by atoms with Crippen LogP contribution in [0.3, 0.4) is 0 Å². The van der Waals surface area contributed by atoms with Gasteiger partial charge in [0.05, 0.1) is 22.8 Å². The summed E-state index contributed by atoms with van der Waals surface area (Å²) in [5.41, 5.74) is 0.836. The summed E-state index contributed by atoms with van der Waals surface area (Å²) in [5, 5.41) is 0. The summed E-state index contributed by atoms with van der Waals surface area (Å²) >= 11 is 1.24. The molecule has 3 rings (SSSR count). The van der Waals surface area contributed by atoms with Crippen LogP contribution >= 0.6 is 11.3 Å². The molecule has 0 aliphatic rings. The first kappa shape index (κ1) is 28.0. The van der Waals surface area contributed by atoms with Gasteiger partial charge in [-0.3, -0.25) is 9.59 Å². The van der Waals surface area contributed by atoms with E-state index in [4.69, 9.17) is 9.47 Å². The van der Waals surface area contributed by atoms with Crippen LogP contribution < -0.4 is 9.54 Å². The number of amides is 1. The van der Waals surface area contributed by atoms with E-state index in [2.05, 4.69) is 18.2 Å². The molecule has 1 amide bonds. The number of para-hydroxylation sites is 1. The highest BCUT2D eigenvalue weighted by atomic mass is 32.2. The molecule has 0 N–H and O–H groups in total. The fraction of sp³-hybridized carbons (Fsp3) is 0.269. The van der Waals surface area contributed by atoms with Gasteiger partial charge < -0.3 is 14.0 Å². The molecule has 11 heteroatoms. The molecule has 3 aromatic rings. The number of esters is 1. The van der Waals surface area contributed by atoms with Crippen LogP contribution in [0.15, 0.2) is 77.7 Å². The molecule has 2 aromatic carbocycles. The topological polar surface area (TPSA) is 107 Å². The first-order valence-corrected chi connectivity index (χ1v) is 13.8. The van der Waals surface area contributed by atoms with Crippen LogP contribution in [0.1, 0.15) is 24.2 Å². The molecule has 37 heavy (non-hydrogen) atoms. The predicted octanol–water partition coefficient (Wildman–Crippen LogP) is 3.77. The molecule has 0 bridgehead atoms. The van der Waals surface area contributed by atoms with Crippen LogP contribution in [-0.2, 0) is 26.1 Å². The van der Waals surface area contributed by atoms with Gasteiger partial charge in [0, 0.05) is 18.7 Å². The average Bonchev–Trinajstić information content (AvgIpc) is 3.21. The second-order valence-electron chi connectivity index (χ2n) is 7.65. The van der Waals surface area contributed by atoms with E-state index in [0.29, 0.717) is 22.7 Å². The van der Waals surface area contributed by atoms with Crippen molar-refractivity contribution >= 4 is 43.5 Å². The largest absolute Gasteiger partial charge is 0.492 e. The van der Waals surface area contributed by atoms with E-state index in [-0.39, 0.29) is 36.7 Å². The zero-order valence-corrected chi connectivity index (χ0v) is 22.4. The Balaban J connectivity index is 2.03. The van der Waals surface area contributed by atoms with Crippen LogP contribution in [0.2, 0.25) is 0 Å². The first-order valence-electron chi connectivity index (χ1n) is 11.6. The Labute approximate surface area is 220 Å². The Hall–Kier alpha value is -3.54. The van der Waals surface area contributed by atoms with Crippen molar-refractivity contribution in [1.29, 1.82) is 0 Å². The quantitative estimate of drug-likeness (QED) is 0.254. The lowest BCUT2D eigenvalue weighted by molar-refractivity contribution is -0.143. The van der Waals surface area contributed by atoms with Gasteiger partial charge in [-0.1, -0.05) is 29.6 Å². The maximum Gasteiger partial charge on any atom is 0.326 e. The Morgan fingerprint density at radius 1 is 1.05 bits per heavy atom. The first-order chi connectivity index (χ1) is 17.8. The molecule has 196 valence electrons. The van der Waals surface area contributed by atoms with E-state index in [1.165, 1.54) is 52.1 Å². The highest BCUT2D eigenvalue weighted by Gasteiger charge is 2.23. The number of sulfonamides is 1. The summed E-state index contributed by atoms with van der Waals surface area (Å²) in [6.45, 7) is 11.5. The maximum atomic E-state index is 13.1. The minimum Gasteiger partial charge on any atom is -0.492 e. The van der Waals surface area contributed by atoms with E-state index in [9.17, 15) is 18.0 Å². The zero-order chi connectivity index (χ0) is 27.0. The maximum absolute atomic E-state index is 13.1. The number of nitrogens with zero attached hydrogens (tertiary/aromatic N) is 3. The zero-order valence-electron chi connectivity index (χ0n) is 20.8. The Morgan fingerprint density at radius 3 is 2.32 bits per heavy atom. The van der Waals surface area contributed by atoms with E-state index >= 15 is 0 Å². The van der Waals surface area contributed by atoms with Gasteiger partial charge in [-0.05, 0) is 50.2 Å². The second kappa shape index (κ2) is 12.6. The summed E-state index contributed by atoms with van der Waals surface area (Å²) < 4.78 is 40.3. The third kappa shape index (κ3) is 6.43. The van der Waals surface area contributed by atoms with Gasteiger partial charge >= 0.3 is 5.97 Å². The number of thiazole rings is 1. The Kier molecular flexibility index (Phi) is 9.56. The number of fused-ring (bicyclic) bond motifs is 1. The molecule has 0 unspecified atom stereocenters. The SMILES string of the molecule is C=CCN(CC=C)S(=O)(=O)c1ccc(C(=O)N=c2sc3cccc(OCC)c3n2CC(=O)OCC)cc1. The monoisotopic (exact) mass is 543 g/mol. The smallest absolute Gasteiger partial charge is 0.326 e. The van der Waals surface area contributed by atoms with Crippen molar-refractivity contribution in [2.75, 3.05) is 26.3 Å². The molecular formula is C26H29N3O6S2. The lowest BCUT2D eigenvalue weighted by atomic mass is 10.2.